The summed E-state index contributed by atoms with van der Waals surface area (Å²) in [6.45, 7) is 3.04. The molecule has 2 rings (SSSR count). The molecule has 1 aliphatic heterocycles. The van der Waals surface area contributed by atoms with E-state index in [0.717, 1.165) is 18.6 Å². The van der Waals surface area contributed by atoms with Crippen molar-refractivity contribution in [1.29, 1.82) is 0 Å². The number of rotatable bonds is 3. The summed E-state index contributed by atoms with van der Waals surface area (Å²) in [4.78, 5) is 11.9. The van der Waals surface area contributed by atoms with E-state index < -0.39 is 17.5 Å². The number of carbonyl (C=O) groups excluding carboxylic acids is 1. The van der Waals surface area contributed by atoms with Gasteiger partial charge in [0.15, 0.2) is 11.6 Å². The minimum atomic E-state index is -1.09. The SMILES string of the molecule is CC1OCCC1CNC(=O)c1cc(F)c(F)cc1N. The second-order valence-electron chi connectivity index (χ2n) is 4.69. The smallest absolute Gasteiger partial charge is 0.253 e. The summed E-state index contributed by atoms with van der Waals surface area (Å²) in [6.07, 6.45) is 0.955. The predicted octanol–water partition coefficient (Wildman–Crippen LogP) is 1.70. The summed E-state index contributed by atoms with van der Waals surface area (Å²) in [5.74, 6) is -2.42. The normalized spacial score (nSPS) is 22.5. The van der Waals surface area contributed by atoms with Crippen LogP contribution >= 0.6 is 0 Å². The highest BCUT2D eigenvalue weighted by Crippen LogP contribution is 2.20. The molecule has 1 aromatic rings. The van der Waals surface area contributed by atoms with Crippen LogP contribution in [0.15, 0.2) is 12.1 Å². The number of benzene rings is 1. The van der Waals surface area contributed by atoms with Crippen LogP contribution < -0.4 is 11.1 Å². The van der Waals surface area contributed by atoms with Gasteiger partial charge in [-0.2, -0.15) is 0 Å². The Bertz CT molecular complexity index is 494. The Balaban J connectivity index is 2.02. The van der Waals surface area contributed by atoms with Crippen LogP contribution in [0.4, 0.5) is 14.5 Å². The number of carbonyl (C=O) groups is 1. The van der Waals surface area contributed by atoms with Crippen LogP contribution in [0.3, 0.4) is 0 Å². The van der Waals surface area contributed by atoms with Crippen molar-refractivity contribution in [3.05, 3.63) is 29.3 Å². The van der Waals surface area contributed by atoms with E-state index in [1.54, 1.807) is 0 Å². The lowest BCUT2D eigenvalue weighted by molar-refractivity contribution is 0.0907. The van der Waals surface area contributed by atoms with E-state index in [2.05, 4.69) is 5.32 Å². The molecule has 6 heteroatoms. The molecular formula is C13H16F2N2O2. The van der Waals surface area contributed by atoms with Crippen LogP contribution in [-0.2, 0) is 4.74 Å². The molecule has 0 radical (unpaired) electrons. The molecule has 0 aromatic heterocycles. The Hall–Kier alpha value is -1.69. The van der Waals surface area contributed by atoms with E-state index in [0.29, 0.717) is 13.2 Å². The van der Waals surface area contributed by atoms with Crippen LogP contribution in [0.1, 0.15) is 23.7 Å². The fourth-order valence-corrected chi connectivity index (χ4v) is 2.12. The zero-order valence-corrected chi connectivity index (χ0v) is 10.6. The fourth-order valence-electron chi connectivity index (χ4n) is 2.12. The predicted molar refractivity (Wildman–Crippen MR) is 66.6 cm³/mol. The van der Waals surface area contributed by atoms with Gasteiger partial charge in [-0.1, -0.05) is 0 Å². The van der Waals surface area contributed by atoms with Gasteiger partial charge >= 0.3 is 0 Å². The zero-order chi connectivity index (χ0) is 14.0. The summed E-state index contributed by atoms with van der Waals surface area (Å²) in [5, 5.41) is 2.67. The molecule has 1 aromatic carbocycles. The molecule has 1 aliphatic rings. The highest BCUT2D eigenvalue weighted by Gasteiger charge is 2.25. The monoisotopic (exact) mass is 270 g/mol. The van der Waals surface area contributed by atoms with Crippen LogP contribution in [0.5, 0.6) is 0 Å². The number of anilines is 1. The van der Waals surface area contributed by atoms with Crippen LogP contribution in [0.25, 0.3) is 0 Å². The number of nitrogen functional groups attached to an aromatic ring is 1. The molecule has 0 saturated carbocycles. The number of hydrogen-bond donors (Lipinski definition) is 2. The van der Waals surface area contributed by atoms with Crippen molar-refractivity contribution in [2.24, 2.45) is 5.92 Å². The molecule has 4 nitrogen and oxygen atoms in total. The molecule has 2 unspecified atom stereocenters. The lowest BCUT2D eigenvalue weighted by Crippen LogP contribution is -2.32. The molecule has 1 heterocycles. The first-order valence-corrected chi connectivity index (χ1v) is 6.13. The second kappa shape index (κ2) is 5.52. The molecule has 1 fully saturated rings. The zero-order valence-electron chi connectivity index (χ0n) is 10.6. The van der Waals surface area contributed by atoms with E-state index in [9.17, 15) is 13.6 Å². The van der Waals surface area contributed by atoms with Gasteiger partial charge in [0.05, 0.1) is 11.7 Å². The third kappa shape index (κ3) is 3.01. The van der Waals surface area contributed by atoms with Crippen molar-refractivity contribution in [2.75, 3.05) is 18.9 Å². The van der Waals surface area contributed by atoms with E-state index in [4.69, 9.17) is 10.5 Å². The average Bonchev–Trinajstić information content (AvgIpc) is 2.76. The number of hydrogen-bond acceptors (Lipinski definition) is 3. The molecule has 1 amide bonds. The highest BCUT2D eigenvalue weighted by molar-refractivity contribution is 5.99. The molecule has 104 valence electrons. The Labute approximate surface area is 109 Å². The molecule has 0 spiro atoms. The van der Waals surface area contributed by atoms with Gasteiger partial charge in [0.2, 0.25) is 0 Å². The van der Waals surface area contributed by atoms with Crippen molar-refractivity contribution >= 4 is 11.6 Å². The quantitative estimate of drug-likeness (QED) is 0.822. The Kier molecular flexibility index (Phi) is 3.99. The summed E-state index contributed by atoms with van der Waals surface area (Å²) >= 11 is 0. The average molecular weight is 270 g/mol. The first kappa shape index (κ1) is 13.7. The molecule has 2 atom stereocenters. The second-order valence-corrected chi connectivity index (χ2v) is 4.69. The molecule has 1 saturated heterocycles. The lowest BCUT2D eigenvalue weighted by atomic mass is 10.0. The minimum absolute atomic E-state index is 0.0505. The standard InChI is InChI=1S/C13H16F2N2O2/c1-7-8(2-3-19-7)6-17-13(18)9-4-10(14)11(15)5-12(9)16/h4-5,7-8H,2-3,6,16H2,1H3,(H,17,18). The maximum atomic E-state index is 13.1. The van der Waals surface area contributed by atoms with E-state index in [1.165, 1.54) is 0 Å². The van der Waals surface area contributed by atoms with E-state index >= 15 is 0 Å². The highest BCUT2D eigenvalue weighted by atomic mass is 19.2. The Morgan fingerprint density at radius 2 is 2.16 bits per heavy atom. The summed E-state index contributed by atoms with van der Waals surface area (Å²) < 4.78 is 31.4. The first-order chi connectivity index (χ1) is 8.99. The first-order valence-electron chi connectivity index (χ1n) is 6.13. The molecule has 0 bridgehead atoms. The third-order valence-corrected chi connectivity index (χ3v) is 3.40. The summed E-state index contributed by atoms with van der Waals surface area (Å²) in [5.41, 5.74) is 5.38. The Morgan fingerprint density at radius 1 is 1.47 bits per heavy atom. The van der Waals surface area contributed by atoms with Gasteiger partial charge in [0.1, 0.15) is 0 Å². The summed E-state index contributed by atoms with van der Waals surface area (Å²) in [6, 6.07) is 1.63. The minimum Gasteiger partial charge on any atom is -0.398 e. The maximum Gasteiger partial charge on any atom is 0.253 e. The van der Waals surface area contributed by atoms with Gasteiger partial charge in [0, 0.05) is 30.8 Å². The number of nitrogens with two attached hydrogens (primary N) is 1. The van der Waals surface area contributed by atoms with Gasteiger partial charge in [0.25, 0.3) is 5.91 Å². The Morgan fingerprint density at radius 3 is 2.79 bits per heavy atom. The number of halogens is 2. The maximum absolute atomic E-state index is 13.1. The van der Waals surface area contributed by atoms with Crippen LogP contribution in [-0.4, -0.2) is 25.2 Å². The molecular weight excluding hydrogens is 254 g/mol. The van der Waals surface area contributed by atoms with Gasteiger partial charge in [-0.15, -0.1) is 0 Å². The van der Waals surface area contributed by atoms with Gasteiger partial charge < -0.3 is 15.8 Å². The van der Waals surface area contributed by atoms with Crippen molar-refractivity contribution in [1.82, 2.24) is 5.32 Å². The third-order valence-electron chi connectivity index (χ3n) is 3.40. The molecule has 19 heavy (non-hydrogen) atoms. The number of nitrogens with one attached hydrogen (secondary N) is 1. The lowest BCUT2D eigenvalue weighted by Gasteiger charge is -2.15. The summed E-state index contributed by atoms with van der Waals surface area (Å²) in [7, 11) is 0. The van der Waals surface area contributed by atoms with Crippen molar-refractivity contribution in [2.45, 2.75) is 19.4 Å². The number of ether oxygens (including phenoxy) is 1. The van der Waals surface area contributed by atoms with Crippen molar-refractivity contribution < 1.29 is 18.3 Å². The topological polar surface area (TPSA) is 64.3 Å². The van der Waals surface area contributed by atoms with E-state index in [-0.39, 0.29) is 23.3 Å². The van der Waals surface area contributed by atoms with Crippen molar-refractivity contribution in [3.63, 3.8) is 0 Å². The van der Waals surface area contributed by atoms with Crippen molar-refractivity contribution in [3.8, 4) is 0 Å². The number of amides is 1. The van der Waals surface area contributed by atoms with Gasteiger partial charge in [-0.05, 0) is 19.4 Å². The fraction of sp³-hybridized carbons (Fsp3) is 0.462. The largest absolute Gasteiger partial charge is 0.398 e. The van der Waals surface area contributed by atoms with Gasteiger partial charge in [-0.25, -0.2) is 8.78 Å². The molecule has 0 aliphatic carbocycles. The molecule has 3 N–H and O–H groups in total. The van der Waals surface area contributed by atoms with Crippen LogP contribution in [0, 0.1) is 17.6 Å². The van der Waals surface area contributed by atoms with E-state index in [1.807, 2.05) is 6.92 Å². The van der Waals surface area contributed by atoms with Crippen LogP contribution in [0.2, 0.25) is 0 Å². The van der Waals surface area contributed by atoms with Gasteiger partial charge in [-0.3, -0.25) is 4.79 Å².